The lowest BCUT2D eigenvalue weighted by molar-refractivity contribution is 0.309. The van der Waals surface area contributed by atoms with Crippen LogP contribution in [0.2, 0.25) is 0 Å². The Morgan fingerprint density at radius 1 is 1.25 bits per heavy atom. The van der Waals surface area contributed by atoms with Crippen molar-refractivity contribution < 1.29 is 13.2 Å². The number of hydrogen-bond donors (Lipinski definition) is 1. The third-order valence-corrected chi connectivity index (χ3v) is 4.71. The van der Waals surface area contributed by atoms with Gasteiger partial charge in [-0.3, -0.25) is 0 Å². The van der Waals surface area contributed by atoms with Gasteiger partial charge in [0.25, 0.3) is 0 Å². The zero-order chi connectivity index (χ0) is 15.2. The summed E-state index contributed by atoms with van der Waals surface area (Å²) < 4.78 is 32.4. The van der Waals surface area contributed by atoms with Gasteiger partial charge in [-0.25, -0.2) is 13.1 Å². The Balaban J connectivity index is 2.81. The number of methoxy groups -OCH3 is 1. The number of benzene rings is 1. The second kappa shape index (κ2) is 7.61. The molecule has 0 aliphatic rings. The number of hydrogen-bond acceptors (Lipinski definition) is 4. The second-order valence-corrected chi connectivity index (χ2v) is 6.31. The number of nitrogens with zero attached hydrogens (tertiary/aromatic N) is 1. The summed E-state index contributed by atoms with van der Waals surface area (Å²) in [6, 6.07) is 5.13. The highest BCUT2D eigenvalue weighted by Crippen LogP contribution is 2.24. The Hall–Kier alpha value is -1.11. The van der Waals surface area contributed by atoms with Gasteiger partial charge in [-0.1, -0.05) is 19.9 Å². The molecule has 0 bridgehead atoms. The van der Waals surface area contributed by atoms with Crippen LogP contribution in [0.3, 0.4) is 0 Å². The lowest BCUT2D eigenvalue weighted by atomic mass is 10.2. The molecule has 1 N–H and O–H groups in total. The van der Waals surface area contributed by atoms with Gasteiger partial charge in [0, 0.05) is 13.1 Å². The van der Waals surface area contributed by atoms with E-state index in [1.807, 2.05) is 13.0 Å². The smallest absolute Gasteiger partial charge is 0.244 e. The summed E-state index contributed by atoms with van der Waals surface area (Å²) in [6.07, 6.45) is 0. The number of rotatable bonds is 8. The standard InChI is InChI=1S/C14H24N2O3S/c1-5-16(6-2)10-9-15-20(17,18)14-11-12(3)7-8-13(14)19-4/h7-8,11,15H,5-6,9-10H2,1-4H3. The largest absolute Gasteiger partial charge is 0.495 e. The van der Waals surface area contributed by atoms with E-state index in [0.29, 0.717) is 18.8 Å². The molecule has 0 aromatic heterocycles. The van der Waals surface area contributed by atoms with E-state index < -0.39 is 10.0 Å². The van der Waals surface area contributed by atoms with Crippen LogP contribution in [0.25, 0.3) is 0 Å². The molecule has 0 aliphatic carbocycles. The Bertz CT molecular complexity index is 525. The van der Waals surface area contributed by atoms with E-state index in [1.165, 1.54) is 7.11 Å². The van der Waals surface area contributed by atoms with E-state index in [1.54, 1.807) is 12.1 Å². The fourth-order valence-electron chi connectivity index (χ4n) is 1.95. The highest BCUT2D eigenvalue weighted by atomic mass is 32.2. The van der Waals surface area contributed by atoms with Gasteiger partial charge >= 0.3 is 0 Å². The van der Waals surface area contributed by atoms with Crippen LogP contribution in [0, 0.1) is 6.92 Å². The van der Waals surface area contributed by atoms with Crippen LogP contribution in [-0.2, 0) is 10.0 Å². The van der Waals surface area contributed by atoms with Gasteiger partial charge in [0.15, 0.2) is 0 Å². The Kier molecular flexibility index (Phi) is 6.45. The highest BCUT2D eigenvalue weighted by Gasteiger charge is 2.19. The number of nitrogens with one attached hydrogen (secondary N) is 1. The summed E-state index contributed by atoms with van der Waals surface area (Å²) in [4.78, 5) is 2.36. The monoisotopic (exact) mass is 300 g/mol. The van der Waals surface area contributed by atoms with E-state index in [0.717, 1.165) is 18.7 Å². The first-order valence-corrected chi connectivity index (χ1v) is 8.29. The Morgan fingerprint density at radius 2 is 1.90 bits per heavy atom. The van der Waals surface area contributed by atoms with E-state index in [4.69, 9.17) is 4.74 Å². The first-order chi connectivity index (χ1) is 9.44. The number of ether oxygens (including phenoxy) is 1. The van der Waals surface area contributed by atoms with Gasteiger partial charge < -0.3 is 9.64 Å². The minimum Gasteiger partial charge on any atom is -0.495 e. The first-order valence-electron chi connectivity index (χ1n) is 6.81. The zero-order valence-electron chi connectivity index (χ0n) is 12.6. The van der Waals surface area contributed by atoms with Gasteiger partial charge in [0.05, 0.1) is 7.11 Å². The molecule has 0 saturated heterocycles. The molecule has 0 spiro atoms. The minimum absolute atomic E-state index is 0.194. The Morgan fingerprint density at radius 3 is 2.45 bits per heavy atom. The van der Waals surface area contributed by atoms with Crippen molar-refractivity contribution in [2.75, 3.05) is 33.3 Å². The molecule has 0 heterocycles. The topological polar surface area (TPSA) is 58.6 Å². The van der Waals surface area contributed by atoms with E-state index in [9.17, 15) is 8.42 Å². The quantitative estimate of drug-likeness (QED) is 0.792. The van der Waals surface area contributed by atoms with Crippen molar-refractivity contribution in [3.05, 3.63) is 23.8 Å². The van der Waals surface area contributed by atoms with E-state index >= 15 is 0 Å². The molecule has 0 amide bonds. The van der Waals surface area contributed by atoms with Crippen LogP contribution in [0.15, 0.2) is 23.1 Å². The third kappa shape index (κ3) is 4.47. The number of likely N-dealkylation sites (N-methyl/N-ethyl adjacent to an activating group) is 1. The van der Waals surface area contributed by atoms with E-state index in [-0.39, 0.29) is 4.90 Å². The molecule has 6 heteroatoms. The van der Waals surface area contributed by atoms with Crippen LogP contribution in [0.5, 0.6) is 5.75 Å². The summed E-state index contributed by atoms with van der Waals surface area (Å²) in [5.74, 6) is 0.367. The maximum absolute atomic E-state index is 12.3. The molecule has 0 atom stereocenters. The fraction of sp³-hybridized carbons (Fsp3) is 0.571. The van der Waals surface area contributed by atoms with Crippen LogP contribution >= 0.6 is 0 Å². The predicted octanol–water partition coefficient (Wildman–Crippen LogP) is 1.62. The molecule has 1 aromatic rings. The average Bonchev–Trinajstić information content (AvgIpc) is 2.43. The van der Waals surface area contributed by atoms with Crippen LogP contribution in [-0.4, -0.2) is 46.6 Å². The van der Waals surface area contributed by atoms with Crippen LogP contribution in [0.4, 0.5) is 0 Å². The van der Waals surface area contributed by atoms with Crippen molar-refractivity contribution >= 4 is 10.0 Å². The summed E-state index contributed by atoms with van der Waals surface area (Å²) in [6.45, 7) is 8.87. The molecule has 0 radical (unpaired) electrons. The summed E-state index contributed by atoms with van der Waals surface area (Å²) in [7, 11) is -2.07. The van der Waals surface area contributed by atoms with Gasteiger partial charge in [-0.15, -0.1) is 0 Å². The van der Waals surface area contributed by atoms with Crippen molar-refractivity contribution in [1.29, 1.82) is 0 Å². The number of aryl methyl sites for hydroxylation is 1. The summed E-state index contributed by atoms with van der Waals surface area (Å²) in [5.41, 5.74) is 0.884. The SMILES string of the molecule is CCN(CC)CCNS(=O)(=O)c1cc(C)ccc1OC. The van der Waals surface area contributed by atoms with Gasteiger partial charge in [-0.05, 0) is 37.7 Å². The molecule has 0 saturated carbocycles. The van der Waals surface area contributed by atoms with E-state index in [2.05, 4.69) is 23.5 Å². The highest BCUT2D eigenvalue weighted by molar-refractivity contribution is 7.89. The lowest BCUT2D eigenvalue weighted by Gasteiger charge is -2.18. The zero-order valence-corrected chi connectivity index (χ0v) is 13.5. The van der Waals surface area contributed by atoms with Crippen molar-refractivity contribution in [3.63, 3.8) is 0 Å². The summed E-state index contributed by atoms with van der Waals surface area (Å²) in [5, 5.41) is 0. The van der Waals surface area contributed by atoms with Crippen molar-refractivity contribution in [1.82, 2.24) is 9.62 Å². The first kappa shape index (κ1) is 16.9. The lowest BCUT2D eigenvalue weighted by Crippen LogP contribution is -2.34. The normalized spacial score (nSPS) is 11.8. The van der Waals surface area contributed by atoms with Gasteiger partial charge in [0.1, 0.15) is 10.6 Å². The maximum Gasteiger partial charge on any atom is 0.244 e. The fourth-order valence-corrected chi connectivity index (χ4v) is 3.22. The molecule has 0 aliphatic heterocycles. The van der Waals surface area contributed by atoms with Crippen molar-refractivity contribution in [2.24, 2.45) is 0 Å². The maximum atomic E-state index is 12.3. The molecule has 5 nitrogen and oxygen atoms in total. The second-order valence-electron chi connectivity index (χ2n) is 4.58. The van der Waals surface area contributed by atoms with Gasteiger partial charge in [-0.2, -0.15) is 0 Å². The van der Waals surface area contributed by atoms with Crippen LogP contribution < -0.4 is 9.46 Å². The molecule has 0 fully saturated rings. The molecular formula is C14H24N2O3S. The summed E-state index contributed by atoms with van der Waals surface area (Å²) >= 11 is 0. The minimum atomic E-state index is -3.54. The molecule has 0 unspecified atom stereocenters. The predicted molar refractivity (Wildman–Crippen MR) is 80.7 cm³/mol. The Labute approximate surface area is 122 Å². The average molecular weight is 300 g/mol. The number of sulfonamides is 1. The molecular weight excluding hydrogens is 276 g/mol. The third-order valence-electron chi connectivity index (χ3n) is 3.22. The molecule has 1 aromatic carbocycles. The molecule has 20 heavy (non-hydrogen) atoms. The molecule has 1 rings (SSSR count). The van der Waals surface area contributed by atoms with Crippen LogP contribution in [0.1, 0.15) is 19.4 Å². The van der Waals surface area contributed by atoms with Crippen molar-refractivity contribution in [3.8, 4) is 5.75 Å². The van der Waals surface area contributed by atoms with Gasteiger partial charge in [0.2, 0.25) is 10.0 Å². The van der Waals surface area contributed by atoms with Crippen molar-refractivity contribution in [2.45, 2.75) is 25.7 Å². The molecule has 114 valence electrons.